The first-order chi connectivity index (χ1) is 26.4. The maximum Gasteiger partial charge on any atom is 0.315 e. The lowest BCUT2D eigenvalue weighted by atomic mass is 9.80. The third kappa shape index (κ3) is 9.17. The Kier molecular flexibility index (Phi) is 12.4. The summed E-state index contributed by atoms with van der Waals surface area (Å²) in [6.45, 7) is 13.8. The molecule has 6 rings (SSSR count). The van der Waals surface area contributed by atoms with E-state index in [0.29, 0.717) is 13.0 Å². The molecule has 0 aromatic carbocycles. The van der Waals surface area contributed by atoms with Crippen LogP contribution in [0.25, 0.3) is 0 Å². The van der Waals surface area contributed by atoms with Crippen molar-refractivity contribution in [3.8, 4) is 0 Å². The predicted molar refractivity (Wildman–Crippen MR) is 210 cm³/mol. The SMILES string of the molecule is C=CCNC(=O)C(=O)C(CC1CCC1)NC(=O)[C@@H]1[C@H]2CCC3(CC3)[C@H]2CN1C(=O)[C@@H](NC(=O)N[C@H](CN1C(=O)CC(C)(C)CC1=O)C(C)(C)C)C1CCCCC1. The lowest BCUT2D eigenvalue weighted by molar-refractivity contribution is -0.153. The zero-order valence-corrected chi connectivity index (χ0v) is 34.4. The van der Waals surface area contributed by atoms with Gasteiger partial charge in [0.25, 0.3) is 5.91 Å². The number of amides is 7. The molecule has 4 saturated carbocycles. The van der Waals surface area contributed by atoms with Crippen LogP contribution in [0.4, 0.5) is 4.79 Å². The molecule has 1 unspecified atom stereocenters. The summed E-state index contributed by atoms with van der Waals surface area (Å²) in [4.78, 5) is 99.2. The molecule has 0 bridgehead atoms. The van der Waals surface area contributed by atoms with E-state index in [2.05, 4.69) is 27.8 Å². The fourth-order valence-electron chi connectivity index (χ4n) is 10.4. The quantitative estimate of drug-likeness (QED) is 0.115. The van der Waals surface area contributed by atoms with Gasteiger partial charge in [-0.1, -0.05) is 79.2 Å². The van der Waals surface area contributed by atoms with Gasteiger partial charge in [-0.25, -0.2) is 4.79 Å². The number of rotatable bonds is 14. The number of fused-ring (bicyclic) bond motifs is 2. The molecule has 6 atom stereocenters. The summed E-state index contributed by atoms with van der Waals surface area (Å²) in [5.74, 6) is -2.50. The molecule has 310 valence electrons. The molecule has 7 amide bonds. The van der Waals surface area contributed by atoms with Gasteiger partial charge < -0.3 is 26.2 Å². The van der Waals surface area contributed by atoms with Gasteiger partial charge in [0.05, 0.1) is 12.1 Å². The number of urea groups is 1. The number of nitrogens with one attached hydrogen (secondary N) is 4. The van der Waals surface area contributed by atoms with E-state index in [0.717, 1.165) is 77.0 Å². The fourth-order valence-corrected chi connectivity index (χ4v) is 10.4. The molecule has 4 aliphatic carbocycles. The average molecular weight is 779 g/mol. The summed E-state index contributed by atoms with van der Waals surface area (Å²) in [5.41, 5.74) is -0.831. The summed E-state index contributed by atoms with van der Waals surface area (Å²) in [6, 6.07) is -3.86. The van der Waals surface area contributed by atoms with Crippen molar-refractivity contribution in [2.45, 2.75) is 155 Å². The molecule has 0 aromatic rings. The van der Waals surface area contributed by atoms with Crippen LogP contribution < -0.4 is 21.3 Å². The molecule has 13 heteroatoms. The Hall–Kier alpha value is -3.77. The number of piperidine rings is 1. The van der Waals surface area contributed by atoms with Gasteiger partial charge in [-0.2, -0.15) is 0 Å². The number of nitrogens with zero attached hydrogens (tertiary/aromatic N) is 2. The maximum atomic E-state index is 15.0. The molecule has 2 heterocycles. The van der Waals surface area contributed by atoms with Crippen LogP contribution in [0, 0.1) is 39.9 Å². The zero-order chi connectivity index (χ0) is 40.6. The maximum absolute atomic E-state index is 15.0. The van der Waals surface area contributed by atoms with Crippen molar-refractivity contribution in [1.82, 2.24) is 31.1 Å². The minimum Gasteiger partial charge on any atom is -0.346 e. The van der Waals surface area contributed by atoms with Crippen LogP contribution >= 0.6 is 0 Å². The molecule has 2 aliphatic heterocycles. The van der Waals surface area contributed by atoms with Crippen molar-refractivity contribution in [2.24, 2.45) is 39.9 Å². The Morgan fingerprint density at radius 2 is 1.54 bits per heavy atom. The molecule has 13 nitrogen and oxygen atoms in total. The molecular weight excluding hydrogens is 713 g/mol. The first-order valence-corrected chi connectivity index (χ1v) is 21.4. The molecule has 0 aromatic heterocycles. The smallest absolute Gasteiger partial charge is 0.315 e. The van der Waals surface area contributed by atoms with E-state index in [-0.39, 0.29) is 72.7 Å². The minimum absolute atomic E-state index is 0.0267. The highest BCUT2D eigenvalue weighted by atomic mass is 16.2. The normalized spacial score (nSPS) is 27.4. The number of hydrogen-bond donors (Lipinski definition) is 4. The number of ketones is 1. The monoisotopic (exact) mass is 778 g/mol. The first kappa shape index (κ1) is 41.9. The number of carbonyl (C=O) groups is 7. The molecule has 4 N–H and O–H groups in total. The van der Waals surface area contributed by atoms with Gasteiger partial charge >= 0.3 is 6.03 Å². The predicted octanol–water partition coefficient (Wildman–Crippen LogP) is 4.39. The van der Waals surface area contributed by atoms with Crippen molar-refractivity contribution >= 4 is 41.4 Å². The summed E-state index contributed by atoms with van der Waals surface area (Å²) >= 11 is 0. The number of hydrogen-bond acceptors (Lipinski definition) is 7. The van der Waals surface area contributed by atoms with Crippen LogP contribution in [0.15, 0.2) is 12.7 Å². The molecule has 6 aliphatic rings. The zero-order valence-electron chi connectivity index (χ0n) is 34.4. The molecule has 2 saturated heterocycles. The second-order valence-electron chi connectivity index (χ2n) is 19.9. The molecule has 56 heavy (non-hydrogen) atoms. The first-order valence-electron chi connectivity index (χ1n) is 21.4. The number of Topliss-reactive ketones (excluding diaryl/α,β-unsaturated/α-hetero) is 1. The Labute approximate surface area is 332 Å². The van der Waals surface area contributed by atoms with Gasteiger partial charge in [-0.3, -0.25) is 33.7 Å². The van der Waals surface area contributed by atoms with Gasteiger partial charge in [0.1, 0.15) is 12.1 Å². The molecule has 1 spiro atoms. The Morgan fingerprint density at radius 3 is 2.11 bits per heavy atom. The van der Waals surface area contributed by atoms with Crippen molar-refractivity contribution in [3.63, 3.8) is 0 Å². The highest BCUT2D eigenvalue weighted by Crippen LogP contribution is 2.66. The third-order valence-corrected chi connectivity index (χ3v) is 14.2. The summed E-state index contributed by atoms with van der Waals surface area (Å²) in [5, 5.41) is 11.7. The molecule has 6 fully saturated rings. The van der Waals surface area contributed by atoms with Crippen molar-refractivity contribution in [1.29, 1.82) is 0 Å². The fraction of sp³-hybridized carbons (Fsp3) is 0.791. The van der Waals surface area contributed by atoms with Gasteiger partial charge in [0.2, 0.25) is 29.4 Å². The van der Waals surface area contributed by atoms with E-state index >= 15 is 4.79 Å². The Morgan fingerprint density at radius 1 is 0.875 bits per heavy atom. The van der Waals surface area contributed by atoms with Crippen molar-refractivity contribution in [3.05, 3.63) is 12.7 Å². The van der Waals surface area contributed by atoms with Crippen LogP contribution in [0.1, 0.15) is 131 Å². The van der Waals surface area contributed by atoms with Crippen LogP contribution in [-0.2, 0) is 28.8 Å². The minimum atomic E-state index is -0.998. The molecular formula is C43H66N6O7. The van der Waals surface area contributed by atoms with E-state index in [9.17, 15) is 28.8 Å². The third-order valence-electron chi connectivity index (χ3n) is 14.2. The number of imide groups is 1. The van der Waals surface area contributed by atoms with Crippen LogP contribution in [0.5, 0.6) is 0 Å². The Balaban J connectivity index is 1.23. The van der Waals surface area contributed by atoms with Gasteiger partial charge in [-0.05, 0) is 84.9 Å². The molecule has 0 radical (unpaired) electrons. The van der Waals surface area contributed by atoms with Crippen LogP contribution in [-0.4, -0.2) is 95.0 Å². The van der Waals surface area contributed by atoms with E-state index in [1.165, 1.54) is 11.0 Å². The lowest BCUT2D eigenvalue weighted by Gasteiger charge is -2.40. The average Bonchev–Trinajstić information content (AvgIpc) is 3.68. The summed E-state index contributed by atoms with van der Waals surface area (Å²) in [6.07, 6.45) is 13.6. The van der Waals surface area contributed by atoms with Crippen LogP contribution in [0.3, 0.4) is 0 Å². The summed E-state index contributed by atoms with van der Waals surface area (Å²) < 4.78 is 0. The van der Waals surface area contributed by atoms with E-state index < -0.39 is 58.6 Å². The second kappa shape index (κ2) is 16.6. The Bertz CT molecular complexity index is 1550. The van der Waals surface area contributed by atoms with Crippen molar-refractivity contribution in [2.75, 3.05) is 19.6 Å². The van der Waals surface area contributed by atoms with Crippen LogP contribution in [0.2, 0.25) is 0 Å². The number of carbonyl (C=O) groups excluding carboxylic acids is 7. The van der Waals surface area contributed by atoms with E-state index in [1.807, 2.05) is 34.6 Å². The van der Waals surface area contributed by atoms with Crippen molar-refractivity contribution < 1.29 is 33.6 Å². The van der Waals surface area contributed by atoms with E-state index in [1.54, 1.807) is 4.90 Å². The second-order valence-corrected chi connectivity index (χ2v) is 19.9. The number of likely N-dealkylation sites (tertiary alicyclic amines) is 2. The van der Waals surface area contributed by atoms with Gasteiger partial charge in [0, 0.05) is 32.5 Å². The topological polar surface area (TPSA) is 174 Å². The lowest BCUT2D eigenvalue weighted by Crippen LogP contribution is -2.62. The largest absolute Gasteiger partial charge is 0.346 e. The standard InChI is InChI=1S/C43H66N6O7/c1-7-20-44-38(54)36(52)30(21-26-12-11-13-26)45-37(53)35-28-16-17-43(18-19-43)29(28)24-49(35)39(55)34(27-14-9-8-10-15-27)47-40(56)46-31(41(2,3)4)25-48-32(50)22-42(5,6)23-33(48)51/h7,26-31,34-35H,1,8-25H2,2-6H3,(H,44,54)(H,45,53)(H2,46,47,56)/t28-,29-,30?,31+,34-,35-/m0/s1. The highest BCUT2D eigenvalue weighted by molar-refractivity contribution is 6.38. The van der Waals surface area contributed by atoms with Gasteiger partial charge in [0.15, 0.2) is 0 Å². The highest BCUT2D eigenvalue weighted by Gasteiger charge is 2.64. The van der Waals surface area contributed by atoms with Gasteiger partial charge in [-0.15, -0.1) is 6.58 Å². The summed E-state index contributed by atoms with van der Waals surface area (Å²) in [7, 11) is 0. The van der Waals surface area contributed by atoms with E-state index in [4.69, 9.17) is 0 Å².